The number of nitrogens with one attached hydrogen (secondary N) is 1. The first-order valence-electron chi connectivity index (χ1n) is 9.78. The fourth-order valence-electron chi connectivity index (χ4n) is 4.14. The number of hydrazone groups is 1. The van der Waals surface area contributed by atoms with Crippen LogP contribution >= 0.6 is 0 Å². The molecule has 0 aromatic heterocycles. The molecule has 1 N–H and O–H groups in total. The van der Waals surface area contributed by atoms with Gasteiger partial charge in [0.05, 0.1) is 11.9 Å². The minimum atomic E-state index is 0.350. The minimum absolute atomic E-state index is 0.350. The van der Waals surface area contributed by atoms with Crippen LogP contribution in [0.2, 0.25) is 0 Å². The molecule has 0 radical (unpaired) electrons. The second-order valence-corrected chi connectivity index (χ2v) is 7.61. The average Bonchev–Trinajstić information content (AvgIpc) is 2.91. The van der Waals surface area contributed by atoms with E-state index in [0.717, 1.165) is 11.3 Å². The van der Waals surface area contributed by atoms with E-state index in [0.29, 0.717) is 5.92 Å². The molecule has 0 spiro atoms. The molecule has 2 heteroatoms. The summed E-state index contributed by atoms with van der Waals surface area (Å²) in [7, 11) is 0. The van der Waals surface area contributed by atoms with Crippen LogP contribution in [0.25, 0.3) is 10.8 Å². The summed E-state index contributed by atoms with van der Waals surface area (Å²) < 4.78 is 0. The highest BCUT2D eigenvalue weighted by Gasteiger charge is 2.26. The van der Waals surface area contributed by atoms with Crippen molar-refractivity contribution in [2.45, 2.75) is 33.6 Å². The van der Waals surface area contributed by atoms with Crippen LogP contribution < -0.4 is 5.43 Å². The molecule has 0 aliphatic heterocycles. The van der Waals surface area contributed by atoms with Gasteiger partial charge in [0, 0.05) is 5.92 Å². The Labute approximate surface area is 167 Å². The SMILES string of the molecule is CC1=C(C)C(c2ccccc2C=NNc2ccc3ccccc3c2)C(C)=C1C. The van der Waals surface area contributed by atoms with Crippen LogP contribution in [0.15, 0.2) is 94.1 Å². The zero-order valence-electron chi connectivity index (χ0n) is 17.0. The van der Waals surface area contributed by atoms with Crippen LogP contribution in [0.3, 0.4) is 0 Å². The van der Waals surface area contributed by atoms with Crippen molar-refractivity contribution in [2.75, 3.05) is 5.43 Å². The molecule has 2 nitrogen and oxygen atoms in total. The fraction of sp³-hybridized carbons (Fsp3) is 0.192. The van der Waals surface area contributed by atoms with E-state index in [1.54, 1.807) is 0 Å². The van der Waals surface area contributed by atoms with Gasteiger partial charge in [-0.15, -0.1) is 0 Å². The van der Waals surface area contributed by atoms with Gasteiger partial charge >= 0.3 is 0 Å². The van der Waals surface area contributed by atoms with Crippen LogP contribution in [0.5, 0.6) is 0 Å². The molecule has 3 aromatic rings. The number of benzene rings is 3. The lowest BCUT2D eigenvalue weighted by Crippen LogP contribution is -2.04. The Morgan fingerprint density at radius 3 is 2.14 bits per heavy atom. The number of rotatable bonds is 4. The molecule has 0 amide bonds. The zero-order chi connectivity index (χ0) is 19.7. The van der Waals surface area contributed by atoms with Gasteiger partial charge in [0.15, 0.2) is 0 Å². The summed E-state index contributed by atoms with van der Waals surface area (Å²) >= 11 is 0. The van der Waals surface area contributed by atoms with Crippen molar-refractivity contribution in [1.82, 2.24) is 0 Å². The first kappa shape index (κ1) is 18.2. The molecule has 0 bridgehead atoms. The van der Waals surface area contributed by atoms with Gasteiger partial charge in [-0.3, -0.25) is 5.43 Å². The normalized spacial score (nSPS) is 15.3. The monoisotopic (exact) mass is 366 g/mol. The van der Waals surface area contributed by atoms with Crippen molar-refractivity contribution >= 4 is 22.7 Å². The molecule has 4 rings (SSSR count). The van der Waals surface area contributed by atoms with Gasteiger partial charge in [0.1, 0.15) is 0 Å². The Morgan fingerprint density at radius 2 is 1.39 bits per heavy atom. The number of fused-ring (bicyclic) bond motifs is 1. The van der Waals surface area contributed by atoms with E-state index in [1.807, 2.05) is 6.21 Å². The van der Waals surface area contributed by atoms with E-state index < -0.39 is 0 Å². The highest BCUT2D eigenvalue weighted by Crippen LogP contribution is 2.43. The Hall–Kier alpha value is -3.13. The van der Waals surface area contributed by atoms with Gasteiger partial charge in [-0.25, -0.2) is 0 Å². The van der Waals surface area contributed by atoms with Crippen molar-refractivity contribution in [3.8, 4) is 0 Å². The first-order valence-corrected chi connectivity index (χ1v) is 9.78. The van der Waals surface area contributed by atoms with Crippen LogP contribution in [0, 0.1) is 0 Å². The molecule has 0 fully saturated rings. The third kappa shape index (κ3) is 3.27. The number of anilines is 1. The molecule has 0 heterocycles. The highest BCUT2D eigenvalue weighted by atomic mass is 15.3. The third-order valence-corrected chi connectivity index (χ3v) is 6.07. The summed E-state index contributed by atoms with van der Waals surface area (Å²) in [5.41, 5.74) is 12.4. The average molecular weight is 367 g/mol. The lowest BCUT2D eigenvalue weighted by Gasteiger charge is -2.18. The van der Waals surface area contributed by atoms with Crippen LogP contribution in [0.1, 0.15) is 44.7 Å². The summed E-state index contributed by atoms with van der Waals surface area (Å²) in [6.07, 6.45) is 1.94. The van der Waals surface area contributed by atoms with E-state index in [9.17, 15) is 0 Å². The highest BCUT2D eigenvalue weighted by molar-refractivity contribution is 5.87. The zero-order valence-corrected chi connectivity index (χ0v) is 17.0. The summed E-state index contributed by atoms with van der Waals surface area (Å²) in [5, 5.41) is 6.98. The molecule has 1 aliphatic rings. The Kier molecular flexibility index (Phi) is 4.87. The Morgan fingerprint density at radius 1 is 0.750 bits per heavy atom. The van der Waals surface area contributed by atoms with Gasteiger partial charge in [0.25, 0.3) is 0 Å². The maximum Gasteiger partial charge on any atom is 0.0568 e. The van der Waals surface area contributed by atoms with Crippen molar-refractivity contribution < 1.29 is 0 Å². The van der Waals surface area contributed by atoms with E-state index >= 15 is 0 Å². The molecule has 1 aliphatic carbocycles. The lowest BCUT2D eigenvalue weighted by molar-refractivity contribution is 0.933. The van der Waals surface area contributed by atoms with Gasteiger partial charge in [-0.05, 0) is 72.9 Å². The van der Waals surface area contributed by atoms with Crippen molar-refractivity contribution in [2.24, 2.45) is 5.10 Å². The Balaban J connectivity index is 1.60. The third-order valence-electron chi connectivity index (χ3n) is 6.07. The topological polar surface area (TPSA) is 24.4 Å². The van der Waals surface area contributed by atoms with Gasteiger partial charge in [0.2, 0.25) is 0 Å². The lowest BCUT2D eigenvalue weighted by atomic mass is 9.86. The molecule has 0 saturated carbocycles. The van der Waals surface area contributed by atoms with E-state index in [1.165, 1.54) is 38.6 Å². The number of hydrogen-bond donors (Lipinski definition) is 1. The molecular formula is C26H26N2. The van der Waals surface area contributed by atoms with E-state index in [-0.39, 0.29) is 0 Å². The van der Waals surface area contributed by atoms with Gasteiger partial charge < -0.3 is 0 Å². The fourth-order valence-corrected chi connectivity index (χ4v) is 4.14. The van der Waals surface area contributed by atoms with E-state index in [4.69, 9.17) is 0 Å². The molecule has 3 aromatic carbocycles. The maximum atomic E-state index is 4.53. The largest absolute Gasteiger partial charge is 0.278 e. The molecule has 0 atom stereocenters. The van der Waals surface area contributed by atoms with Crippen LogP contribution in [-0.2, 0) is 0 Å². The summed E-state index contributed by atoms with van der Waals surface area (Å²) in [6, 6.07) is 23.2. The summed E-state index contributed by atoms with van der Waals surface area (Å²) in [6.45, 7) is 8.96. The minimum Gasteiger partial charge on any atom is -0.278 e. The number of nitrogens with zero attached hydrogens (tertiary/aromatic N) is 1. The van der Waals surface area contributed by atoms with Gasteiger partial charge in [-0.1, -0.05) is 65.7 Å². The first-order chi connectivity index (χ1) is 13.6. The predicted molar refractivity (Wildman–Crippen MR) is 121 cm³/mol. The van der Waals surface area contributed by atoms with Crippen molar-refractivity contribution in [3.05, 3.63) is 100 Å². The quantitative estimate of drug-likeness (QED) is 0.388. The molecule has 140 valence electrons. The maximum absolute atomic E-state index is 4.53. The number of hydrogen-bond acceptors (Lipinski definition) is 2. The second kappa shape index (κ2) is 7.47. The smallest absolute Gasteiger partial charge is 0.0568 e. The predicted octanol–water partition coefficient (Wildman–Crippen LogP) is 7.06. The standard InChI is InChI=1S/C26H26N2/c1-17-18(2)20(4)26(19(17)3)25-12-8-7-11-23(25)16-27-28-24-14-13-21-9-5-6-10-22(21)15-24/h5-16,26,28H,1-4H3. The molecule has 28 heavy (non-hydrogen) atoms. The van der Waals surface area contributed by atoms with Crippen molar-refractivity contribution in [3.63, 3.8) is 0 Å². The van der Waals surface area contributed by atoms with Crippen LogP contribution in [-0.4, -0.2) is 6.21 Å². The summed E-state index contributed by atoms with van der Waals surface area (Å²) in [4.78, 5) is 0. The van der Waals surface area contributed by atoms with Crippen LogP contribution in [0.4, 0.5) is 5.69 Å². The molecule has 0 unspecified atom stereocenters. The summed E-state index contributed by atoms with van der Waals surface area (Å²) in [5.74, 6) is 0.350. The second-order valence-electron chi connectivity index (χ2n) is 7.61. The molecular weight excluding hydrogens is 340 g/mol. The Bertz CT molecular complexity index is 1110. The van der Waals surface area contributed by atoms with Crippen molar-refractivity contribution in [1.29, 1.82) is 0 Å². The van der Waals surface area contributed by atoms with Gasteiger partial charge in [-0.2, -0.15) is 5.10 Å². The number of allylic oxidation sites excluding steroid dienone is 4. The van der Waals surface area contributed by atoms with E-state index in [2.05, 4.69) is 105 Å². The molecule has 0 saturated heterocycles.